The molecule has 1 N–H and O–H groups in total. The minimum Gasteiger partial charge on any atom is -0.313 e. The Morgan fingerprint density at radius 3 is 2.60 bits per heavy atom. The zero-order valence-electron chi connectivity index (χ0n) is 11.0. The van der Waals surface area contributed by atoms with Crippen molar-refractivity contribution >= 4 is 0 Å². The van der Waals surface area contributed by atoms with Crippen LogP contribution in [0.2, 0.25) is 0 Å². The predicted octanol–water partition coefficient (Wildman–Crippen LogP) is 1.01. The average Bonchev–Trinajstić information content (AvgIpc) is 2.52. The molecule has 0 aromatic heterocycles. The summed E-state index contributed by atoms with van der Waals surface area (Å²) < 4.78 is 0. The fraction of sp³-hybridized carbons (Fsp3) is 1.00. The molecule has 90 valence electrons. The van der Waals surface area contributed by atoms with E-state index in [1.807, 2.05) is 0 Å². The van der Waals surface area contributed by atoms with Crippen molar-refractivity contribution in [3.8, 4) is 0 Å². The highest BCUT2D eigenvalue weighted by atomic mass is 15.2. The van der Waals surface area contributed by atoms with Crippen molar-refractivity contribution in [1.29, 1.82) is 0 Å². The molecule has 1 aliphatic heterocycles. The average molecular weight is 213 g/mol. The summed E-state index contributed by atoms with van der Waals surface area (Å²) in [4.78, 5) is 4.89. The van der Waals surface area contributed by atoms with Gasteiger partial charge in [0.25, 0.3) is 0 Å². The Balaban J connectivity index is 2.35. The maximum atomic E-state index is 3.53. The summed E-state index contributed by atoms with van der Waals surface area (Å²) in [7, 11) is 4.33. The van der Waals surface area contributed by atoms with Crippen LogP contribution in [0, 0.1) is 0 Å². The van der Waals surface area contributed by atoms with Gasteiger partial charge in [-0.05, 0) is 47.5 Å². The third kappa shape index (κ3) is 3.74. The van der Waals surface area contributed by atoms with Crippen molar-refractivity contribution in [2.45, 2.75) is 38.8 Å². The van der Waals surface area contributed by atoms with Crippen LogP contribution in [-0.2, 0) is 0 Å². The van der Waals surface area contributed by atoms with E-state index in [1.54, 1.807) is 0 Å². The van der Waals surface area contributed by atoms with Crippen molar-refractivity contribution in [2.75, 3.05) is 40.3 Å². The van der Waals surface area contributed by atoms with Gasteiger partial charge in [-0.3, -0.25) is 4.90 Å². The molecule has 1 unspecified atom stereocenters. The van der Waals surface area contributed by atoms with Crippen LogP contribution in [-0.4, -0.2) is 61.7 Å². The zero-order chi connectivity index (χ0) is 11.5. The molecule has 0 bridgehead atoms. The van der Waals surface area contributed by atoms with Crippen molar-refractivity contribution in [3.63, 3.8) is 0 Å². The van der Waals surface area contributed by atoms with E-state index in [1.165, 1.54) is 26.1 Å². The van der Waals surface area contributed by atoms with Gasteiger partial charge in [-0.15, -0.1) is 0 Å². The molecule has 0 saturated carbocycles. The van der Waals surface area contributed by atoms with Crippen LogP contribution in [0.4, 0.5) is 0 Å². The molecule has 3 heteroatoms. The third-order valence-electron chi connectivity index (χ3n) is 3.59. The van der Waals surface area contributed by atoms with Crippen LogP contribution in [0.15, 0.2) is 0 Å². The second kappa shape index (κ2) is 5.28. The van der Waals surface area contributed by atoms with E-state index >= 15 is 0 Å². The van der Waals surface area contributed by atoms with Gasteiger partial charge in [-0.25, -0.2) is 0 Å². The van der Waals surface area contributed by atoms with Crippen molar-refractivity contribution in [2.24, 2.45) is 0 Å². The lowest BCUT2D eigenvalue weighted by molar-refractivity contribution is 0.132. The van der Waals surface area contributed by atoms with E-state index in [-0.39, 0.29) is 5.54 Å². The fourth-order valence-corrected chi connectivity index (χ4v) is 2.12. The number of nitrogens with zero attached hydrogens (tertiary/aromatic N) is 2. The first-order valence-electron chi connectivity index (χ1n) is 6.09. The van der Waals surface area contributed by atoms with Crippen LogP contribution in [0.25, 0.3) is 0 Å². The standard InChI is InChI=1S/C12H27N3/c1-6-13-11-7-8-15(9-11)10-12(2,3)14(4)5/h11,13H,6-10H2,1-5H3. The Morgan fingerprint density at radius 2 is 2.07 bits per heavy atom. The molecule has 0 amide bonds. The smallest absolute Gasteiger partial charge is 0.0274 e. The molecule has 0 aromatic carbocycles. The normalized spacial score (nSPS) is 24.0. The quantitative estimate of drug-likeness (QED) is 0.735. The summed E-state index contributed by atoms with van der Waals surface area (Å²) in [6.07, 6.45) is 1.30. The molecule has 0 spiro atoms. The Morgan fingerprint density at radius 1 is 1.40 bits per heavy atom. The topological polar surface area (TPSA) is 18.5 Å². The van der Waals surface area contributed by atoms with E-state index in [4.69, 9.17) is 0 Å². The molecule has 1 heterocycles. The minimum absolute atomic E-state index is 0.279. The summed E-state index contributed by atoms with van der Waals surface area (Å²) in [6.45, 7) is 11.5. The molecule has 0 aromatic rings. The van der Waals surface area contributed by atoms with Gasteiger partial charge >= 0.3 is 0 Å². The lowest BCUT2D eigenvalue weighted by Crippen LogP contribution is -2.48. The lowest BCUT2D eigenvalue weighted by atomic mass is 10.0. The monoisotopic (exact) mass is 213 g/mol. The van der Waals surface area contributed by atoms with E-state index < -0.39 is 0 Å². The number of hydrogen-bond donors (Lipinski definition) is 1. The van der Waals surface area contributed by atoms with Gasteiger partial charge < -0.3 is 10.2 Å². The number of hydrogen-bond acceptors (Lipinski definition) is 3. The highest BCUT2D eigenvalue weighted by molar-refractivity contribution is 4.87. The van der Waals surface area contributed by atoms with E-state index in [9.17, 15) is 0 Å². The molecule has 15 heavy (non-hydrogen) atoms. The van der Waals surface area contributed by atoms with Gasteiger partial charge in [-0.2, -0.15) is 0 Å². The van der Waals surface area contributed by atoms with Crippen LogP contribution in [0.3, 0.4) is 0 Å². The van der Waals surface area contributed by atoms with Crippen molar-refractivity contribution in [1.82, 2.24) is 15.1 Å². The van der Waals surface area contributed by atoms with Gasteiger partial charge in [0, 0.05) is 24.7 Å². The second-order valence-electron chi connectivity index (χ2n) is 5.49. The lowest BCUT2D eigenvalue weighted by Gasteiger charge is -2.36. The zero-order valence-corrected chi connectivity index (χ0v) is 11.0. The second-order valence-corrected chi connectivity index (χ2v) is 5.49. The Kier molecular flexibility index (Phi) is 4.56. The van der Waals surface area contributed by atoms with E-state index in [0.717, 1.165) is 6.54 Å². The highest BCUT2D eigenvalue weighted by Gasteiger charge is 2.28. The number of likely N-dealkylation sites (N-methyl/N-ethyl adjacent to an activating group) is 2. The molecule has 1 atom stereocenters. The largest absolute Gasteiger partial charge is 0.313 e. The Bertz CT molecular complexity index is 189. The minimum atomic E-state index is 0.279. The molecular formula is C12H27N3. The van der Waals surface area contributed by atoms with Crippen LogP contribution < -0.4 is 5.32 Å². The van der Waals surface area contributed by atoms with E-state index in [2.05, 4.69) is 50.0 Å². The molecule has 1 aliphatic rings. The SMILES string of the molecule is CCNC1CCN(CC(C)(C)N(C)C)C1. The van der Waals surface area contributed by atoms with Crippen LogP contribution >= 0.6 is 0 Å². The summed E-state index contributed by atoms with van der Waals surface area (Å²) in [5, 5.41) is 3.53. The van der Waals surface area contributed by atoms with Gasteiger partial charge in [-0.1, -0.05) is 6.92 Å². The van der Waals surface area contributed by atoms with Gasteiger partial charge in [0.2, 0.25) is 0 Å². The van der Waals surface area contributed by atoms with Gasteiger partial charge in [0.15, 0.2) is 0 Å². The summed E-state index contributed by atoms with van der Waals surface area (Å²) in [6, 6.07) is 0.716. The molecule has 1 fully saturated rings. The number of rotatable bonds is 5. The Hall–Kier alpha value is -0.120. The first kappa shape index (κ1) is 12.9. The summed E-state index contributed by atoms with van der Waals surface area (Å²) in [5.74, 6) is 0. The molecule has 0 radical (unpaired) electrons. The summed E-state index contributed by atoms with van der Waals surface area (Å²) in [5.41, 5.74) is 0.279. The molecular weight excluding hydrogens is 186 g/mol. The van der Waals surface area contributed by atoms with Crippen molar-refractivity contribution in [3.05, 3.63) is 0 Å². The number of likely N-dealkylation sites (tertiary alicyclic amines) is 1. The first-order chi connectivity index (χ1) is 6.95. The predicted molar refractivity (Wildman–Crippen MR) is 66.3 cm³/mol. The van der Waals surface area contributed by atoms with Crippen LogP contribution in [0.1, 0.15) is 27.2 Å². The van der Waals surface area contributed by atoms with Crippen molar-refractivity contribution < 1.29 is 0 Å². The van der Waals surface area contributed by atoms with Gasteiger partial charge in [0.05, 0.1) is 0 Å². The summed E-state index contributed by atoms with van der Waals surface area (Å²) >= 11 is 0. The maximum absolute atomic E-state index is 3.53. The molecule has 3 nitrogen and oxygen atoms in total. The third-order valence-corrected chi connectivity index (χ3v) is 3.59. The van der Waals surface area contributed by atoms with E-state index in [0.29, 0.717) is 6.04 Å². The fourth-order valence-electron chi connectivity index (χ4n) is 2.12. The molecule has 1 rings (SSSR count). The van der Waals surface area contributed by atoms with Crippen LogP contribution in [0.5, 0.6) is 0 Å². The maximum Gasteiger partial charge on any atom is 0.0274 e. The Labute approximate surface area is 94.8 Å². The molecule has 1 saturated heterocycles. The first-order valence-corrected chi connectivity index (χ1v) is 6.09. The molecule has 0 aliphatic carbocycles. The van der Waals surface area contributed by atoms with Gasteiger partial charge in [0.1, 0.15) is 0 Å². The highest BCUT2D eigenvalue weighted by Crippen LogP contribution is 2.16. The number of nitrogens with one attached hydrogen (secondary N) is 1.